The zero-order valence-electron chi connectivity index (χ0n) is 39.3. The number of unbranched alkanes of at least 4 members (excludes halogenated alkanes) is 38. The smallest absolute Gasteiger partial charge is 0.305 e. The summed E-state index contributed by atoms with van der Waals surface area (Å²) < 4.78 is 5.46. The van der Waals surface area contributed by atoms with Crippen molar-refractivity contribution in [3.63, 3.8) is 0 Å². The van der Waals surface area contributed by atoms with E-state index < -0.39 is 12.1 Å². The van der Waals surface area contributed by atoms with Crippen LogP contribution < -0.4 is 5.32 Å². The number of hydrogen-bond acceptors (Lipinski definition) is 5. The van der Waals surface area contributed by atoms with Gasteiger partial charge < -0.3 is 20.3 Å². The molecule has 0 spiro atoms. The predicted molar refractivity (Wildman–Crippen MR) is 250 cm³/mol. The molecular weight excluding hydrogens is 719 g/mol. The van der Waals surface area contributed by atoms with E-state index in [9.17, 15) is 19.8 Å². The molecule has 6 heteroatoms. The average molecular weight is 822 g/mol. The van der Waals surface area contributed by atoms with E-state index in [1.54, 1.807) is 0 Å². The predicted octanol–water partition coefficient (Wildman–Crippen LogP) is 15.6. The fourth-order valence-corrected chi connectivity index (χ4v) is 8.35. The van der Waals surface area contributed by atoms with E-state index in [-0.39, 0.29) is 18.5 Å². The fourth-order valence-electron chi connectivity index (χ4n) is 8.35. The van der Waals surface area contributed by atoms with Crippen LogP contribution >= 0.6 is 0 Å². The Hall–Kier alpha value is -1.14. The lowest BCUT2D eigenvalue weighted by Gasteiger charge is -2.22. The summed E-state index contributed by atoms with van der Waals surface area (Å²) in [5.41, 5.74) is 0. The number of amides is 1. The van der Waals surface area contributed by atoms with Crippen LogP contribution in [0.5, 0.6) is 0 Å². The van der Waals surface area contributed by atoms with Gasteiger partial charge in [0.05, 0.1) is 25.4 Å². The molecule has 0 rings (SSSR count). The van der Waals surface area contributed by atoms with Crippen LogP contribution in [0.15, 0.2) is 0 Å². The molecule has 0 aliphatic rings. The van der Waals surface area contributed by atoms with E-state index in [1.165, 1.54) is 225 Å². The maximum absolute atomic E-state index is 12.4. The zero-order valence-corrected chi connectivity index (χ0v) is 39.3. The first-order chi connectivity index (χ1) is 28.5. The number of aliphatic hydroxyl groups is 2. The second kappa shape index (κ2) is 48.5. The van der Waals surface area contributed by atoms with Crippen LogP contribution in [0, 0.1) is 0 Å². The Labute approximate surface area is 362 Å². The summed E-state index contributed by atoms with van der Waals surface area (Å²) in [7, 11) is 0. The first kappa shape index (κ1) is 56.9. The standard InChI is InChI=1S/C52H103NO5/c1-3-5-7-9-11-13-15-24-28-32-36-40-44-50(55)49(48-54)53-51(56)45-41-37-33-29-25-22-20-18-17-19-21-23-27-31-35-39-43-47-58-52(57)46-42-38-34-30-26-16-14-12-10-8-6-4-2/h49-50,54-55H,3-48H2,1-2H3,(H,53,56). The van der Waals surface area contributed by atoms with E-state index in [4.69, 9.17) is 4.74 Å². The van der Waals surface area contributed by atoms with E-state index in [1.807, 2.05) is 0 Å². The summed E-state index contributed by atoms with van der Waals surface area (Å²) in [4.78, 5) is 24.4. The molecule has 3 N–H and O–H groups in total. The summed E-state index contributed by atoms with van der Waals surface area (Å²) in [6, 6.07) is -0.542. The first-order valence-corrected chi connectivity index (χ1v) is 26.3. The Bertz CT molecular complexity index is 822. The van der Waals surface area contributed by atoms with Gasteiger partial charge in [-0.05, 0) is 25.7 Å². The molecule has 0 saturated heterocycles. The quantitative estimate of drug-likeness (QED) is 0.0420. The van der Waals surface area contributed by atoms with Crippen molar-refractivity contribution in [2.24, 2.45) is 0 Å². The molecule has 0 heterocycles. The summed E-state index contributed by atoms with van der Waals surface area (Å²) in [5, 5.41) is 23.2. The average Bonchev–Trinajstić information content (AvgIpc) is 3.22. The normalized spacial score (nSPS) is 12.6. The van der Waals surface area contributed by atoms with Gasteiger partial charge in [-0.3, -0.25) is 9.59 Å². The third kappa shape index (κ3) is 44.4. The summed E-state index contributed by atoms with van der Waals surface area (Å²) in [5.74, 6) is -0.0330. The molecule has 0 aromatic rings. The number of carbonyl (C=O) groups excluding carboxylic acids is 2. The highest BCUT2D eigenvalue weighted by Crippen LogP contribution is 2.17. The van der Waals surface area contributed by atoms with Gasteiger partial charge in [0.25, 0.3) is 0 Å². The topological polar surface area (TPSA) is 95.9 Å². The molecule has 58 heavy (non-hydrogen) atoms. The van der Waals surface area contributed by atoms with E-state index >= 15 is 0 Å². The summed E-state index contributed by atoms with van der Waals surface area (Å²) in [6.45, 7) is 4.95. The fraction of sp³-hybridized carbons (Fsp3) is 0.962. The third-order valence-electron chi connectivity index (χ3n) is 12.4. The zero-order chi connectivity index (χ0) is 42.3. The molecule has 0 radical (unpaired) electrons. The molecule has 1 amide bonds. The van der Waals surface area contributed by atoms with Crippen molar-refractivity contribution in [1.82, 2.24) is 5.32 Å². The van der Waals surface area contributed by atoms with Crippen LogP contribution in [0.2, 0.25) is 0 Å². The lowest BCUT2D eigenvalue weighted by Crippen LogP contribution is -2.45. The van der Waals surface area contributed by atoms with Crippen LogP contribution in [-0.4, -0.2) is 47.4 Å². The molecule has 346 valence electrons. The van der Waals surface area contributed by atoms with Crippen LogP contribution in [-0.2, 0) is 14.3 Å². The molecule has 0 saturated carbocycles. The van der Waals surface area contributed by atoms with Crippen molar-refractivity contribution < 1.29 is 24.5 Å². The van der Waals surface area contributed by atoms with Crippen LogP contribution in [0.3, 0.4) is 0 Å². The van der Waals surface area contributed by atoms with Crippen molar-refractivity contribution in [3.8, 4) is 0 Å². The van der Waals surface area contributed by atoms with Gasteiger partial charge in [-0.2, -0.15) is 0 Å². The maximum atomic E-state index is 12.4. The van der Waals surface area contributed by atoms with Gasteiger partial charge in [0.1, 0.15) is 0 Å². The van der Waals surface area contributed by atoms with E-state index in [0.717, 1.165) is 38.5 Å². The molecule has 2 unspecified atom stereocenters. The second-order valence-electron chi connectivity index (χ2n) is 18.2. The Morgan fingerprint density at radius 1 is 0.414 bits per heavy atom. The van der Waals surface area contributed by atoms with E-state index in [0.29, 0.717) is 25.9 Å². The molecule has 2 atom stereocenters. The maximum Gasteiger partial charge on any atom is 0.305 e. The van der Waals surface area contributed by atoms with Gasteiger partial charge in [0.2, 0.25) is 5.91 Å². The van der Waals surface area contributed by atoms with Gasteiger partial charge in [0.15, 0.2) is 0 Å². The van der Waals surface area contributed by atoms with Crippen molar-refractivity contribution in [1.29, 1.82) is 0 Å². The van der Waals surface area contributed by atoms with Gasteiger partial charge in [0, 0.05) is 12.8 Å². The molecule has 0 aromatic heterocycles. The Morgan fingerprint density at radius 2 is 0.707 bits per heavy atom. The van der Waals surface area contributed by atoms with Crippen molar-refractivity contribution in [2.45, 2.75) is 309 Å². The van der Waals surface area contributed by atoms with Crippen LogP contribution in [0.4, 0.5) is 0 Å². The molecule has 0 bridgehead atoms. The number of hydrogen-bond donors (Lipinski definition) is 3. The Balaban J connectivity index is 3.39. The number of aliphatic hydroxyl groups excluding tert-OH is 2. The lowest BCUT2D eigenvalue weighted by atomic mass is 10.0. The SMILES string of the molecule is CCCCCCCCCCCCCCC(=O)OCCCCCCCCCCCCCCCCCCCC(=O)NC(CO)C(O)CCCCCCCCCCCCCC. The van der Waals surface area contributed by atoms with Gasteiger partial charge >= 0.3 is 5.97 Å². The monoisotopic (exact) mass is 822 g/mol. The van der Waals surface area contributed by atoms with Crippen molar-refractivity contribution in [2.75, 3.05) is 13.2 Å². The highest BCUT2D eigenvalue weighted by molar-refractivity contribution is 5.76. The Kier molecular flexibility index (Phi) is 47.6. The van der Waals surface area contributed by atoms with Gasteiger partial charge in [-0.25, -0.2) is 0 Å². The first-order valence-electron chi connectivity index (χ1n) is 26.3. The summed E-state index contributed by atoms with van der Waals surface area (Å²) >= 11 is 0. The van der Waals surface area contributed by atoms with E-state index in [2.05, 4.69) is 19.2 Å². The molecular formula is C52H103NO5. The van der Waals surface area contributed by atoms with Gasteiger partial charge in [-0.1, -0.05) is 258 Å². The minimum atomic E-state index is -0.665. The number of esters is 1. The molecule has 6 nitrogen and oxygen atoms in total. The van der Waals surface area contributed by atoms with Crippen molar-refractivity contribution >= 4 is 11.9 Å². The highest BCUT2D eigenvalue weighted by Gasteiger charge is 2.20. The largest absolute Gasteiger partial charge is 0.466 e. The number of carbonyl (C=O) groups is 2. The second-order valence-corrected chi connectivity index (χ2v) is 18.2. The minimum absolute atomic E-state index is 0.00648. The number of ether oxygens (including phenoxy) is 1. The number of nitrogens with one attached hydrogen (secondary N) is 1. The van der Waals surface area contributed by atoms with Crippen LogP contribution in [0.1, 0.15) is 296 Å². The molecule has 0 aromatic carbocycles. The Morgan fingerprint density at radius 3 is 1.05 bits per heavy atom. The van der Waals surface area contributed by atoms with Gasteiger partial charge in [-0.15, -0.1) is 0 Å². The minimum Gasteiger partial charge on any atom is -0.466 e. The van der Waals surface area contributed by atoms with Crippen molar-refractivity contribution in [3.05, 3.63) is 0 Å². The molecule has 0 fully saturated rings. The molecule has 0 aliphatic carbocycles. The third-order valence-corrected chi connectivity index (χ3v) is 12.4. The summed E-state index contributed by atoms with van der Waals surface area (Å²) in [6.07, 6.45) is 53.6. The molecule has 0 aliphatic heterocycles. The van der Waals surface area contributed by atoms with Crippen LogP contribution in [0.25, 0.3) is 0 Å². The number of rotatable bonds is 49. The highest BCUT2D eigenvalue weighted by atomic mass is 16.5. The lowest BCUT2D eigenvalue weighted by molar-refractivity contribution is -0.143.